The van der Waals surface area contributed by atoms with Gasteiger partial charge in [-0.3, -0.25) is 4.79 Å². The van der Waals surface area contributed by atoms with Gasteiger partial charge in [-0.05, 0) is 6.92 Å². The Morgan fingerprint density at radius 3 is 3.00 bits per heavy atom. The first-order chi connectivity index (χ1) is 7.65. The molecule has 6 nitrogen and oxygen atoms in total. The number of carbonyl (C=O) groups is 1. The lowest BCUT2D eigenvalue weighted by Crippen LogP contribution is -2.29. The lowest BCUT2D eigenvalue weighted by molar-refractivity contribution is -0.120. The fourth-order valence-electron chi connectivity index (χ4n) is 1.73. The van der Waals surface area contributed by atoms with Gasteiger partial charge in [0.05, 0.1) is 0 Å². The summed E-state index contributed by atoms with van der Waals surface area (Å²) in [6.45, 7) is 3.94. The van der Waals surface area contributed by atoms with Crippen molar-refractivity contribution in [2.75, 3.05) is 30.3 Å². The highest BCUT2D eigenvalue weighted by Gasteiger charge is 2.15. The van der Waals surface area contributed by atoms with Gasteiger partial charge in [0.15, 0.2) is 0 Å². The van der Waals surface area contributed by atoms with Gasteiger partial charge in [-0.15, -0.1) is 0 Å². The molecule has 1 aliphatic heterocycles. The predicted molar refractivity (Wildman–Crippen MR) is 61.0 cm³/mol. The molecule has 1 aliphatic rings. The normalized spacial score (nSPS) is 16.8. The Hall–Kier alpha value is -1.85. The van der Waals surface area contributed by atoms with Crippen molar-refractivity contribution in [2.24, 2.45) is 0 Å². The molecule has 0 radical (unpaired) electrons. The van der Waals surface area contributed by atoms with Gasteiger partial charge < -0.3 is 16.0 Å². The fourth-order valence-corrected chi connectivity index (χ4v) is 1.73. The van der Waals surface area contributed by atoms with E-state index in [1.807, 2.05) is 17.9 Å². The Kier molecular flexibility index (Phi) is 2.89. The number of nitrogens with one attached hydrogen (secondary N) is 1. The molecule has 2 heterocycles. The van der Waals surface area contributed by atoms with Gasteiger partial charge in [-0.1, -0.05) is 0 Å². The molecular formula is C10H15N5O. The number of rotatable bonds is 1. The molecule has 0 bridgehead atoms. The zero-order valence-corrected chi connectivity index (χ0v) is 9.23. The average molecular weight is 221 g/mol. The summed E-state index contributed by atoms with van der Waals surface area (Å²) in [6.07, 6.45) is 0.489. The third-order valence-corrected chi connectivity index (χ3v) is 2.49. The number of hydrogen-bond donors (Lipinski definition) is 2. The van der Waals surface area contributed by atoms with Crippen LogP contribution in [0.4, 0.5) is 11.8 Å². The molecule has 1 saturated heterocycles. The number of anilines is 2. The molecule has 86 valence electrons. The van der Waals surface area contributed by atoms with Crippen LogP contribution in [0.1, 0.15) is 12.1 Å². The second kappa shape index (κ2) is 4.34. The first kappa shape index (κ1) is 10.7. The van der Waals surface area contributed by atoms with E-state index in [1.54, 1.807) is 0 Å². The zero-order valence-electron chi connectivity index (χ0n) is 9.23. The van der Waals surface area contributed by atoms with Crippen LogP contribution in [-0.4, -0.2) is 35.5 Å². The molecule has 0 aliphatic carbocycles. The lowest BCUT2D eigenvalue weighted by Gasteiger charge is -2.20. The first-order valence-corrected chi connectivity index (χ1v) is 5.28. The average Bonchev–Trinajstić information content (AvgIpc) is 2.41. The second-order valence-corrected chi connectivity index (χ2v) is 3.81. The number of aryl methyl sites for hydroxylation is 1. The van der Waals surface area contributed by atoms with Crippen molar-refractivity contribution in [2.45, 2.75) is 13.3 Å². The molecule has 1 aromatic heterocycles. The zero-order chi connectivity index (χ0) is 11.5. The standard InChI is InChI=1S/C10H15N5O/c1-7-6-8(14-10(11)13-7)15-4-2-9(16)12-3-5-15/h6H,2-5H2,1H3,(H,12,16)(H2,11,13,14). The van der Waals surface area contributed by atoms with Crippen LogP contribution in [0.3, 0.4) is 0 Å². The molecular weight excluding hydrogens is 206 g/mol. The molecule has 0 unspecified atom stereocenters. The molecule has 3 N–H and O–H groups in total. The van der Waals surface area contributed by atoms with Gasteiger partial charge in [0.2, 0.25) is 11.9 Å². The van der Waals surface area contributed by atoms with Crippen molar-refractivity contribution in [3.8, 4) is 0 Å². The Morgan fingerprint density at radius 1 is 1.44 bits per heavy atom. The largest absolute Gasteiger partial charge is 0.368 e. The summed E-state index contributed by atoms with van der Waals surface area (Å²) in [6, 6.07) is 1.88. The lowest BCUT2D eigenvalue weighted by atomic mass is 10.3. The number of hydrogen-bond acceptors (Lipinski definition) is 5. The summed E-state index contributed by atoms with van der Waals surface area (Å²) in [5.41, 5.74) is 6.44. The van der Waals surface area contributed by atoms with Crippen LogP contribution in [-0.2, 0) is 4.79 Å². The number of nitrogens with zero attached hydrogens (tertiary/aromatic N) is 3. The summed E-state index contributed by atoms with van der Waals surface area (Å²) >= 11 is 0. The van der Waals surface area contributed by atoms with E-state index >= 15 is 0 Å². The van der Waals surface area contributed by atoms with E-state index in [9.17, 15) is 4.79 Å². The van der Waals surface area contributed by atoms with Gasteiger partial charge in [-0.2, -0.15) is 4.98 Å². The Bertz CT molecular complexity index is 386. The van der Waals surface area contributed by atoms with Crippen molar-refractivity contribution in [1.82, 2.24) is 15.3 Å². The van der Waals surface area contributed by atoms with Gasteiger partial charge >= 0.3 is 0 Å². The van der Waals surface area contributed by atoms with Crippen molar-refractivity contribution >= 4 is 17.7 Å². The van der Waals surface area contributed by atoms with Crippen LogP contribution >= 0.6 is 0 Å². The highest BCUT2D eigenvalue weighted by Crippen LogP contribution is 2.14. The van der Waals surface area contributed by atoms with Gasteiger partial charge in [0.25, 0.3) is 0 Å². The number of nitrogens with two attached hydrogens (primary N) is 1. The Balaban J connectivity index is 2.19. The van der Waals surface area contributed by atoms with E-state index < -0.39 is 0 Å². The highest BCUT2D eigenvalue weighted by molar-refractivity contribution is 5.77. The smallest absolute Gasteiger partial charge is 0.222 e. The van der Waals surface area contributed by atoms with Crippen molar-refractivity contribution in [3.05, 3.63) is 11.8 Å². The van der Waals surface area contributed by atoms with E-state index in [4.69, 9.17) is 5.73 Å². The molecule has 1 fully saturated rings. The first-order valence-electron chi connectivity index (χ1n) is 5.28. The summed E-state index contributed by atoms with van der Waals surface area (Å²) in [5, 5.41) is 2.82. The second-order valence-electron chi connectivity index (χ2n) is 3.81. The maximum Gasteiger partial charge on any atom is 0.222 e. The quantitative estimate of drug-likeness (QED) is 0.679. The summed E-state index contributed by atoms with van der Waals surface area (Å²) < 4.78 is 0. The van der Waals surface area contributed by atoms with Crippen LogP contribution < -0.4 is 16.0 Å². The fraction of sp³-hybridized carbons (Fsp3) is 0.500. The summed E-state index contributed by atoms with van der Waals surface area (Å²) in [5.74, 6) is 1.15. The molecule has 0 spiro atoms. The third kappa shape index (κ3) is 2.39. The molecule has 0 atom stereocenters. The van der Waals surface area contributed by atoms with E-state index in [0.29, 0.717) is 19.5 Å². The number of carbonyl (C=O) groups excluding carboxylic acids is 1. The van der Waals surface area contributed by atoms with E-state index in [0.717, 1.165) is 18.1 Å². The van der Waals surface area contributed by atoms with Crippen LogP contribution in [0, 0.1) is 6.92 Å². The van der Waals surface area contributed by atoms with Crippen molar-refractivity contribution in [3.63, 3.8) is 0 Å². The van der Waals surface area contributed by atoms with Gasteiger partial charge in [0, 0.05) is 37.8 Å². The highest BCUT2D eigenvalue weighted by atomic mass is 16.1. The predicted octanol–water partition coefficient (Wildman–Crippen LogP) is -0.306. The molecule has 2 rings (SSSR count). The van der Waals surface area contributed by atoms with E-state index in [1.165, 1.54) is 0 Å². The Labute approximate surface area is 93.9 Å². The third-order valence-electron chi connectivity index (χ3n) is 2.49. The molecule has 6 heteroatoms. The topological polar surface area (TPSA) is 84.1 Å². The van der Waals surface area contributed by atoms with Gasteiger partial charge in [-0.25, -0.2) is 4.98 Å². The van der Waals surface area contributed by atoms with Crippen LogP contribution in [0.15, 0.2) is 6.07 Å². The maximum absolute atomic E-state index is 11.2. The molecule has 0 aromatic carbocycles. The van der Waals surface area contributed by atoms with E-state index in [-0.39, 0.29) is 11.9 Å². The monoisotopic (exact) mass is 221 g/mol. The van der Waals surface area contributed by atoms with Gasteiger partial charge in [0.1, 0.15) is 5.82 Å². The minimum atomic E-state index is 0.0845. The summed E-state index contributed by atoms with van der Waals surface area (Å²) in [4.78, 5) is 21.4. The molecule has 0 saturated carbocycles. The minimum absolute atomic E-state index is 0.0845. The van der Waals surface area contributed by atoms with Crippen LogP contribution in [0.5, 0.6) is 0 Å². The minimum Gasteiger partial charge on any atom is -0.368 e. The van der Waals surface area contributed by atoms with Crippen molar-refractivity contribution < 1.29 is 4.79 Å². The van der Waals surface area contributed by atoms with Crippen LogP contribution in [0.25, 0.3) is 0 Å². The number of nitrogen functional groups attached to an aromatic ring is 1. The number of amides is 1. The van der Waals surface area contributed by atoms with Crippen LogP contribution in [0.2, 0.25) is 0 Å². The summed E-state index contributed by atoms with van der Waals surface area (Å²) in [7, 11) is 0. The Morgan fingerprint density at radius 2 is 2.25 bits per heavy atom. The maximum atomic E-state index is 11.2. The molecule has 1 amide bonds. The number of aromatic nitrogens is 2. The van der Waals surface area contributed by atoms with Crippen molar-refractivity contribution in [1.29, 1.82) is 0 Å². The SMILES string of the molecule is Cc1cc(N2CCNC(=O)CC2)nc(N)n1. The molecule has 1 aromatic rings. The molecule has 16 heavy (non-hydrogen) atoms. The van der Waals surface area contributed by atoms with E-state index in [2.05, 4.69) is 15.3 Å².